The lowest BCUT2D eigenvalue weighted by Crippen LogP contribution is -2.36. The van der Waals surface area contributed by atoms with E-state index in [0.717, 1.165) is 12.5 Å². The zero-order chi connectivity index (χ0) is 12.1. The highest BCUT2D eigenvalue weighted by Gasteiger charge is 2.19. The first-order chi connectivity index (χ1) is 8.24. The quantitative estimate of drug-likeness (QED) is 0.787. The predicted molar refractivity (Wildman–Crippen MR) is 73.0 cm³/mol. The molecular weight excluding hydrogens is 208 g/mol. The molecule has 1 aliphatic heterocycles. The Bertz CT molecular complexity index is 313. The van der Waals surface area contributed by atoms with Gasteiger partial charge in [0.2, 0.25) is 0 Å². The molecule has 2 rings (SSSR count). The Labute approximate surface area is 105 Å². The molecule has 94 valence electrons. The summed E-state index contributed by atoms with van der Waals surface area (Å²) in [5.41, 5.74) is 1.44. The summed E-state index contributed by atoms with van der Waals surface area (Å²) in [4.78, 5) is 4.90. The molecule has 0 N–H and O–H groups in total. The van der Waals surface area contributed by atoms with Crippen LogP contribution in [0.1, 0.15) is 18.4 Å². The van der Waals surface area contributed by atoms with Gasteiger partial charge in [-0.05, 0) is 51.5 Å². The average Bonchev–Trinajstić information content (AvgIpc) is 2.32. The first-order valence-corrected chi connectivity index (χ1v) is 6.65. The van der Waals surface area contributed by atoms with Gasteiger partial charge in [-0.15, -0.1) is 0 Å². The maximum Gasteiger partial charge on any atom is 0.0233 e. The fraction of sp³-hybridized carbons (Fsp3) is 0.600. The lowest BCUT2D eigenvalue weighted by atomic mass is 9.96. The lowest BCUT2D eigenvalue weighted by molar-refractivity contribution is 0.157. The monoisotopic (exact) mass is 232 g/mol. The van der Waals surface area contributed by atoms with Crippen LogP contribution in [0.25, 0.3) is 0 Å². The second kappa shape index (κ2) is 6.18. The van der Waals surface area contributed by atoms with E-state index >= 15 is 0 Å². The fourth-order valence-corrected chi connectivity index (χ4v) is 2.69. The Hall–Kier alpha value is -0.860. The second-order valence-corrected chi connectivity index (χ2v) is 5.47. The van der Waals surface area contributed by atoms with E-state index in [1.807, 2.05) is 0 Å². The summed E-state index contributed by atoms with van der Waals surface area (Å²) in [6.07, 6.45) is 2.70. The van der Waals surface area contributed by atoms with E-state index in [0.29, 0.717) is 0 Å². The van der Waals surface area contributed by atoms with Crippen molar-refractivity contribution in [3.63, 3.8) is 0 Å². The molecule has 1 aliphatic rings. The van der Waals surface area contributed by atoms with Crippen molar-refractivity contribution < 1.29 is 0 Å². The Balaban J connectivity index is 1.76. The van der Waals surface area contributed by atoms with Gasteiger partial charge in [-0.3, -0.25) is 4.90 Å². The number of hydrogen-bond acceptors (Lipinski definition) is 2. The number of hydrogen-bond donors (Lipinski definition) is 0. The topological polar surface area (TPSA) is 6.48 Å². The van der Waals surface area contributed by atoms with Gasteiger partial charge in [0.05, 0.1) is 0 Å². The maximum absolute atomic E-state index is 2.58. The van der Waals surface area contributed by atoms with Gasteiger partial charge >= 0.3 is 0 Å². The van der Waals surface area contributed by atoms with Crippen LogP contribution in [0.5, 0.6) is 0 Å². The van der Waals surface area contributed by atoms with Crippen molar-refractivity contribution in [1.29, 1.82) is 0 Å². The molecule has 0 atom stereocenters. The van der Waals surface area contributed by atoms with Crippen molar-refractivity contribution in [3.05, 3.63) is 35.9 Å². The van der Waals surface area contributed by atoms with E-state index in [4.69, 9.17) is 0 Å². The van der Waals surface area contributed by atoms with Crippen LogP contribution in [0, 0.1) is 5.92 Å². The summed E-state index contributed by atoms with van der Waals surface area (Å²) < 4.78 is 0. The van der Waals surface area contributed by atoms with Crippen LogP contribution in [0.3, 0.4) is 0 Å². The molecule has 0 aromatic heterocycles. The van der Waals surface area contributed by atoms with Gasteiger partial charge in [0.25, 0.3) is 0 Å². The van der Waals surface area contributed by atoms with Crippen LogP contribution < -0.4 is 0 Å². The van der Waals surface area contributed by atoms with Gasteiger partial charge in [0.1, 0.15) is 0 Å². The fourth-order valence-electron chi connectivity index (χ4n) is 2.69. The van der Waals surface area contributed by atoms with Crippen LogP contribution in [-0.4, -0.2) is 43.5 Å². The molecule has 0 unspecified atom stereocenters. The van der Waals surface area contributed by atoms with Gasteiger partial charge in [-0.1, -0.05) is 30.3 Å². The number of nitrogens with zero attached hydrogens (tertiary/aromatic N) is 2. The minimum Gasteiger partial charge on any atom is -0.309 e. The highest BCUT2D eigenvalue weighted by Crippen LogP contribution is 2.19. The molecule has 0 radical (unpaired) electrons. The molecule has 0 spiro atoms. The third-order valence-corrected chi connectivity index (χ3v) is 3.58. The number of benzene rings is 1. The molecule has 1 aromatic carbocycles. The van der Waals surface area contributed by atoms with E-state index in [2.05, 4.69) is 54.2 Å². The van der Waals surface area contributed by atoms with Crippen molar-refractivity contribution >= 4 is 0 Å². The van der Waals surface area contributed by atoms with Gasteiger partial charge in [0.15, 0.2) is 0 Å². The summed E-state index contributed by atoms with van der Waals surface area (Å²) in [5, 5.41) is 0. The zero-order valence-electron chi connectivity index (χ0n) is 11.1. The van der Waals surface area contributed by atoms with E-state index in [1.165, 1.54) is 38.0 Å². The van der Waals surface area contributed by atoms with Crippen molar-refractivity contribution in [2.45, 2.75) is 19.4 Å². The number of rotatable bonds is 4. The maximum atomic E-state index is 2.58. The zero-order valence-corrected chi connectivity index (χ0v) is 11.1. The normalized spacial score (nSPS) is 18.8. The van der Waals surface area contributed by atoms with E-state index in [9.17, 15) is 0 Å². The molecule has 17 heavy (non-hydrogen) atoms. The van der Waals surface area contributed by atoms with E-state index in [-0.39, 0.29) is 0 Å². The largest absolute Gasteiger partial charge is 0.309 e. The highest BCUT2D eigenvalue weighted by molar-refractivity contribution is 5.14. The minimum atomic E-state index is 0.900. The van der Waals surface area contributed by atoms with Crippen molar-refractivity contribution in [2.24, 2.45) is 5.92 Å². The molecule has 1 heterocycles. The third-order valence-electron chi connectivity index (χ3n) is 3.58. The summed E-state index contributed by atoms with van der Waals surface area (Å²) in [7, 11) is 4.35. The molecule has 1 aromatic rings. The third kappa shape index (κ3) is 4.14. The van der Waals surface area contributed by atoms with Crippen LogP contribution in [0.2, 0.25) is 0 Å². The first kappa shape index (κ1) is 12.6. The summed E-state index contributed by atoms with van der Waals surface area (Å²) in [5.74, 6) is 0.900. The van der Waals surface area contributed by atoms with Gasteiger partial charge in [0, 0.05) is 13.1 Å². The first-order valence-electron chi connectivity index (χ1n) is 6.65. The molecule has 2 heteroatoms. The van der Waals surface area contributed by atoms with Crippen molar-refractivity contribution in [3.8, 4) is 0 Å². The van der Waals surface area contributed by atoms with Crippen LogP contribution >= 0.6 is 0 Å². The van der Waals surface area contributed by atoms with Crippen molar-refractivity contribution in [2.75, 3.05) is 33.7 Å². The molecule has 0 aliphatic carbocycles. The molecule has 0 amide bonds. The Morgan fingerprint density at radius 2 is 1.76 bits per heavy atom. The summed E-state index contributed by atoms with van der Waals surface area (Å²) in [6, 6.07) is 10.8. The number of likely N-dealkylation sites (tertiary alicyclic amines) is 1. The standard InChI is InChI=1S/C15H24N2/c1-16(2)12-15-8-10-17(11-9-15)13-14-6-4-3-5-7-14/h3-7,15H,8-13H2,1-2H3. The molecular formula is C15H24N2. The smallest absolute Gasteiger partial charge is 0.0233 e. The van der Waals surface area contributed by atoms with Gasteiger partial charge in [-0.2, -0.15) is 0 Å². The predicted octanol–water partition coefficient (Wildman–Crippen LogP) is 2.46. The molecule has 1 saturated heterocycles. The highest BCUT2D eigenvalue weighted by atomic mass is 15.1. The van der Waals surface area contributed by atoms with Crippen LogP contribution in [-0.2, 0) is 6.54 Å². The van der Waals surface area contributed by atoms with E-state index in [1.54, 1.807) is 0 Å². The van der Waals surface area contributed by atoms with Crippen LogP contribution in [0.15, 0.2) is 30.3 Å². The molecule has 0 saturated carbocycles. The summed E-state index contributed by atoms with van der Waals surface area (Å²) >= 11 is 0. The van der Waals surface area contributed by atoms with Crippen molar-refractivity contribution in [1.82, 2.24) is 9.80 Å². The van der Waals surface area contributed by atoms with Gasteiger partial charge in [-0.25, -0.2) is 0 Å². The molecule has 1 fully saturated rings. The summed E-state index contributed by atoms with van der Waals surface area (Å²) in [6.45, 7) is 4.88. The lowest BCUT2D eigenvalue weighted by Gasteiger charge is -2.33. The average molecular weight is 232 g/mol. The Morgan fingerprint density at radius 3 is 2.35 bits per heavy atom. The number of piperidine rings is 1. The second-order valence-electron chi connectivity index (χ2n) is 5.47. The van der Waals surface area contributed by atoms with Crippen LogP contribution in [0.4, 0.5) is 0 Å². The minimum absolute atomic E-state index is 0.900. The molecule has 0 bridgehead atoms. The molecule has 2 nitrogen and oxygen atoms in total. The Morgan fingerprint density at radius 1 is 1.12 bits per heavy atom. The van der Waals surface area contributed by atoms with E-state index < -0.39 is 0 Å². The van der Waals surface area contributed by atoms with Gasteiger partial charge < -0.3 is 4.90 Å². The Kier molecular flexibility index (Phi) is 4.57. The SMILES string of the molecule is CN(C)CC1CCN(Cc2ccccc2)CC1.